The highest BCUT2D eigenvalue weighted by Gasteiger charge is 2.18. The van der Waals surface area contributed by atoms with Gasteiger partial charge in [-0.05, 0) is 17.2 Å². The maximum Gasteiger partial charge on any atom is 0.253 e. The summed E-state index contributed by atoms with van der Waals surface area (Å²) >= 11 is 0. The summed E-state index contributed by atoms with van der Waals surface area (Å²) in [5.41, 5.74) is 8.96. The van der Waals surface area contributed by atoms with E-state index < -0.39 is 0 Å². The van der Waals surface area contributed by atoms with Gasteiger partial charge in [-0.1, -0.05) is 54.5 Å². The minimum Gasteiger partial charge on any atom is -0.378 e. The molecular weight excluding hydrogens is 371 g/mol. The standard InChI is InChI=1S/C22H23FN4O2/c1-15(17-7-8-18(19(23)13-17)16-5-3-2-4-6-16)20-14-21(29-26-20)25-22(24)27-9-11-28-12-10-27/h2-8,13-15H,9-12H2,1H3,(H2,24,25)/t15-/m1/s1. The van der Waals surface area contributed by atoms with Crippen LogP contribution in [0.1, 0.15) is 24.1 Å². The van der Waals surface area contributed by atoms with Gasteiger partial charge in [0.15, 0.2) is 5.96 Å². The van der Waals surface area contributed by atoms with Gasteiger partial charge in [-0.3, -0.25) is 0 Å². The fraction of sp³-hybridized carbons (Fsp3) is 0.273. The molecule has 2 heterocycles. The summed E-state index contributed by atoms with van der Waals surface area (Å²) in [4.78, 5) is 6.25. The molecule has 1 aliphatic heterocycles. The molecule has 1 aliphatic rings. The van der Waals surface area contributed by atoms with E-state index >= 15 is 0 Å². The van der Waals surface area contributed by atoms with Gasteiger partial charge in [0.05, 0.1) is 18.9 Å². The molecule has 3 aromatic rings. The largest absolute Gasteiger partial charge is 0.378 e. The van der Waals surface area contributed by atoms with E-state index in [2.05, 4.69) is 10.1 Å². The van der Waals surface area contributed by atoms with Crippen LogP contribution in [0.15, 0.2) is 64.1 Å². The second kappa shape index (κ2) is 8.45. The zero-order chi connectivity index (χ0) is 20.2. The number of hydrogen-bond acceptors (Lipinski definition) is 4. The van der Waals surface area contributed by atoms with Gasteiger partial charge < -0.3 is 19.9 Å². The van der Waals surface area contributed by atoms with Gasteiger partial charge in [0.2, 0.25) is 0 Å². The molecule has 150 valence electrons. The molecule has 0 aliphatic carbocycles. The third-order valence-corrected chi connectivity index (χ3v) is 5.10. The lowest BCUT2D eigenvalue weighted by Crippen LogP contribution is -2.44. The van der Waals surface area contributed by atoms with E-state index in [0.29, 0.717) is 49.4 Å². The average molecular weight is 394 g/mol. The Morgan fingerprint density at radius 2 is 1.90 bits per heavy atom. The first kappa shape index (κ1) is 19.1. The van der Waals surface area contributed by atoms with Gasteiger partial charge in [-0.25, -0.2) is 4.39 Å². The van der Waals surface area contributed by atoms with E-state index in [1.54, 1.807) is 18.2 Å². The van der Waals surface area contributed by atoms with Gasteiger partial charge in [-0.15, -0.1) is 0 Å². The number of guanidine groups is 1. The predicted octanol–water partition coefficient (Wildman–Crippen LogP) is 3.91. The molecule has 0 amide bonds. The Morgan fingerprint density at radius 1 is 1.14 bits per heavy atom. The highest BCUT2D eigenvalue weighted by molar-refractivity contribution is 5.80. The van der Waals surface area contributed by atoms with Gasteiger partial charge >= 0.3 is 0 Å². The molecule has 2 N–H and O–H groups in total. The Balaban J connectivity index is 1.51. The first-order valence-electron chi connectivity index (χ1n) is 9.60. The maximum absolute atomic E-state index is 14.7. The maximum atomic E-state index is 14.7. The summed E-state index contributed by atoms with van der Waals surface area (Å²) in [7, 11) is 0. The van der Waals surface area contributed by atoms with Gasteiger partial charge in [0.1, 0.15) is 5.82 Å². The number of ether oxygens (including phenoxy) is 1. The number of nitrogens with two attached hydrogens (primary N) is 1. The molecule has 4 rings (SSSR count). The minimum absolute atomic E-state index is 0.147. The van der Waals surface area contributed by atoms with Crippen molar-refractivity contribution in [1.29, 1.82) is 0 Å². The van der Waals surface area contributed by atoms with E-state index in [9.17, 15) is 4.39 Å². The summed E-state index contributed by atoms with van der Waals surface area (Å²) in [5.74, 6) is 0.296. The molecule has 0 spiro atoms. The summed E-state index contributed by atoms with van der Waals surface area (Å²) in [6.07, 6.45) is 0. The molecule has 1 aromatic heterocycles. The van der Waals surface area contributed by atoms with Crippen molar-refractivity contribution < 1.29 is 13.7 Å². The molecule has 6 nitrogen and oxygen atoms in total. The van der Waals surface area contributed by atoms with Crippen molar-refractivity contribution in [2.45, 2.75) is 12.8 Å². The van der Waals surface area contributed by atoms with Gasteiger partial charge in [-0.2, -0.15) is 4.99 Å². The fourth-order valence-corrected chi connectivity index (χ4v) is 3.33. The van der Waals surface area contributed by atoms with Crippen LogP contribution in [0.3, 0.4) is 0 Å². The van der Waals surface area contributed by atoms with Crippen molar-refractivity contribution in [2.75, 3.05) is 26.3 Å². The van der Waals surface area contributed by atoms with Crippen molar-refractivity contribution >= 4 is 11.8 Å². The molecule has 0 radical (unpaired) electrons. The quantitative estimate of drug-likeness (QED) is 0.536. The van der Waals surface area contributed by atoms with Gasteiger partial charge in [0, 0.05) is 30.6 Å². The van der Waals surface area contributed by atoms with Crippen LogP contribution in [0.4, 0.5) is 10.3 Å². The van der Waals surface area contributed by atoms with Crippen LogP contribution in [0.5, 0.6) is 0 Å². The zero-order valence-corrected chi connectivity index (χ0v) is 16.2. The second-order valence-electron chi connectivity index (χ2n) is 6.99. The third kappa shape index (κ3) is 4.30. The van der Waals surface area contributed by atoms with Crippen LogP contribution < -0.4 is 5.73 Å². The van der Waals surface area contributed by atoms with Crippen molar-refractivity contribution in [2.24, 2.45) is 10.7 Å². The van der Waals surface area contributed by atoms with Crippen LogP contribution in [0, 0.1) is 5.82 Å². The van der Waals surface area contributed by atoms with Crippen molar-refractivity contribution in [1.82, 2.24) is 10.1 Å². The number of aliphatic imine (C=N–C) groups is 1. The lowest BCUT2D eigenvalue weighted by atomic mass is 9.95. The highest BCUT2D eigenvalue weighted by Crippen LogP contribution is 2.30. The highest BCUT2D eigenvalue weighted by atomic mass is 19.1. The second-order valence-corrected chi connectivity index (χ2v) is 6.99. The number of halogens is 1. The van der Waals surface area contributed by atoms with Gasteiger partial charge in [0.25, 0.3) is 5.88 Å². The Bertz CT molecular complexity index is 997. The Hall–Kier alpha value is -3.19. The molecular formula is C22H23FN4O2. The van der Waals surface area contributed by atoms with Crippen LogP contribution in [-0.4, -0.2) is 42.3 Å². The van der Waals surface area contributed by atoms with Crippen LogP contribution >= 0.6 is 0 Å². The van der Waals surface area contributed by atoms with Crippen LogP contribution in [0.25, 0.3) is 11.1 Å². The molecule has 1 fully saturated rings. The van der Waals surface area contributed by atoms with Crippen molar-refractivity contribution in [3.8, 4) is 11.1 Å². The third-order valence-electron chi connectivity index (χ3n) is 5.10. The number of hydrogen-bond donors (Lipinski definition) is 1. The van der Waals surface area contributed by atoms with E-state index in [1.807, 2.05) is 48.2 Å². The molecule has 7 heteroatoms. The monoisotopic (exact) mass is 394 g/mol. The van der Waals surface area contributed by atoms with E-state index in [1.165, 1.54) is 0 Å². The topological polar surface area (TPSA) is 76.9 Å². The summed E-state index contributed by atoms with van der Waals surface area (Å²) in [5, 5.41) is 4.10. The van der Waals surface area contributed by atoms with Crippen molar-refractivity contribution in [3.63, 3.8) is 0 Å². The molecule has 2 aromatic carbocycles. The summed E-state index contributed by atoms with van der Waals surface area (Å²) < 4.78 is 25.3. The smallest absolute Gasteiger partial charge is 0.253 e. The van der Waals surface area contributed by atoms with Crippen LogP contribution in [-0.2, 0) is 4.74 Å². The Kier molecular flexibility index (Phi) is 5.57. The summed E-state index contributed by atoms with van der Waals surface area (Å²) in [6, 6.07) is 16.5. The number of benzene rings is 2. The lowest BCUT2D eigenvalue weighted by Gasteiger charge is -2.27. The fourth-order valence-electron chi connectivity index (χ4n) is 3.33. The average Bonchev–Trinajstić information content (AvgIpc) is 3.23. The lowest BCUT2D eigenvalue weighted by molar-refractivity contribution is 0.0675. The molecule has 0 bridgehead atoms. The van der Waals surface area contributed by atoms with E-state index in [-0.39, 0.29) is 11.7 Å². The number of rotatable bonds is 4. The SMILES string of the molecule is C[C@H](c1ccc(-c2ccccc2)c(F)c1)c1cc(N=C(N)N2CCOCC2)on1. The van der Waals surface area contributed by atoms with Crippen molar-refractivity contribution in [3.05, 3.63) is 71.7 Å². The molecule has 0 unspecified atom stereocenters. The molecule has 29 heavy (non-hydrogen) atoms. The number of morpholine rings is 1. The Morgan fingerprint density at radius 3 is 2.62 bits per heavy atom. The first-order chi connectivity index (χ1) is 14.1. The van der Waals surface area contributed by atoms with E-state index in [0.717, 1.165) is 11.1 Å². The van der Waals surface area contributed by atoms with Crippen LogP contribution in [0.2, 0.25) is 0 Å². The first-order valence-corrected chi connectivity index (χ1v) is 9.60. The van der Waals surface area contributed by atoms with E-state index in [4.69, 9.17) is 15.0 Å². The predicted molar refractivity (Wildman–Crippen MR) is 110 cm³/mol. The number of nitrogens with zero attached hydrogens (tertiary/aromatic N) is 3. The Labute approximate surface area is 168 Å². The zero-order valence-electron chi connectivity index (χ0n) is 16.2. The summed E-state index contributed by atoms with van der Waals surface area (Å²) in [6.45, 7) is 4.59. The molecule has 1 atom stereocenters. The molecule has 0 saturated carbocycles. The number of aromatic nitrogens is 1. The molecule has 1 saturated heterocycles. The minimum atomic E-state index is -0.265. The normalized spacial score (nSPS) is 16.1.